The van der Waals surface area contributed by atoms with Crippen LogP contribution in [0.4, 0.5) is 4.39 Å². The van der Waals surface area contributed by atoms with Gasteiger partial charge in [-0.3, -0.25) is 4.98 Å². The number of benzene rings is 1. The SMILES string of the molecule is Fc1ccc(CCN2CCC(NCCc3ccccn3)CC2)cc1. The van der Waals surface area contributed by atoms with E-state index in [0.29, 0.717) is 6.04 Å². The van der Waals surface area contributed by atoms with Gasteiger partial charge in [-0.25, -0.2) is 4.39 Å². The number of hydrogen-bond acceptors (Lipinski definition) is 3. The summed E-state index contributed by atoms with van der Waals surface area (Å²) in [5.41, 5.74) is 2.37. The zero-order valence-electron chi connectivity index (χ0n) is 14.1. The Labute approximate surface area is 143 Å². The fourth-order valence-corrected chi connectivity index (χ4v) is 3.25. The van der Waals surface area contributed by atoms with E-state index in [4.69, 9.17) is 0 Å². The van der Waals surface area contributed by atoms with Crippen LogP contribution in [0.3, 0.4) is 0 Å². The molecule has 1 aliphatic heterocycles. The molecular formula is C20H26FN3. The third-order valence-electron chi connectivity index (χ3n) is 4.76. The van der Waals surface area contributed by atoms with Gasteiger partial charge in [0.15, 0.2) is 0 Å². The Bertz CT molecular complexity index is 592. The molecule has 128 valence electrons. The molecule has 1 N–H and O–H groups in total. The molecule has 4 heteroatoms. The molecule has 1 saturated heterocycles. The normalized spacial score (nSPS) is 16.4. The number of nitrogens with one attached hydrogen (secondary N) is 1. The molecule has 0 spiro atoms. The molecule has 3 nitrogen and oxygen atoms in total. The van der Waals surface area contributed by atoms with Gasteiger partial charge in [-0.05, 0) is 62.2 Å². The first-order valence-electron chi connectivity index (χ1n) is 8.90. The number of halogens is 1. The highest BCUT2D eigenvalue weighted by Crippen LogP contribution is 2.12. The smallest absolute Gasteiger partial charge is 0.123 e. The van der Waals surface area contributed by atoms with E-state index in [1.165, 1.54) is 18.4 Å². The molecule has 0 saturated carbocycles. The molecule has 0 aliphatic carbocycles. The number of pyridine rings is 1. The van der Waals surface area contributed by atoms with E-state index in [9.17, 15) is 4.39 Å². The Balaban J connectivity index is 1.31. The first-order chi connectivity index (χ1) is 11.8. The fraction of sp³-hybridized carbons (Fsp3) is 0.450. The second-order valence-corrected chi connectivity index (χ2v) is 6.52. The van der Waals surface area contributed by atoms with Crippen molar-refractivity contribution < 1.29 is 4.39 Å². The van der Waals surface area contributed by atoms with Crippen molar-refractivity contribution in [1.29, 1.82) is 0 Å². The highest BCUT2D eigenvalue weighted by Gasteiger charge is 2.18. The predicted molar refractivity (Wildman–Crippen MR) is 95.5 cm³/mol. The summed E-state index contributed by atoms with van der Waals surface area (Å²) in [4.78, 5) is 6.87. The standard InChI is InChI=1S/C20H26FN3/c21-18-6-4-17(5-7-18)9-14-24-15-10-20(11-16-24)23-13-8-19-3-1-2-12-22-19/h1-7,12,20,23H,8-11,13-16H2. The summed E-state index contributed by atoms with van der Waals surface area (Å²) in [7, 11) is 0. The first-order valence-corrected chi connectivity index (χ1v) is 8.90. The topological polar surface area (TPSA) is 28.2 Å². The Morgan fingerprint density at radius 1 is 1.04 bits per heavy atom. The second kappa shape index (κ2) is 8.90. The number of aromatic nitrogens is 1. The molecule has 2 aromatic rings. The van der Waals surface area contributed by atoms with E-state index in [-0.39, 0.29) is 5.82 Å². The molecule has 1 aliphatic rings. The van der Waals surface area contributed by atoms with Crippen LogP contribution in [0, 0.1) is 5.82 Å². The molecule has 0 atom stereocenters. The molecule has 24 heavy (non-hydrogen) atoms. The van der Waals surface area contributed by atoms with E-state index in [2.05, 4.69) is 21.3 Å². The summed E-state index contributed by atoms with van der Waals surface area (Å²) in [5, 5.41) is 3.66. The quantitative estimate of drug-likeness (QED) is 0.847. The van der Waals surface area contributed by atoms with Crippen LogP contribution < -0.4 is 5.32 Å². The van der Waals surface area contributed by atoms with E-state index in [0.717, 1.165) is 44.7 Å². The Morgan fingerprint density at radius 2 is 1.83 bits per heavy atom. The third kappa shape index (κ3) is 5.39. The van der Waals surface area contributed by atoms with Crippen molar-refractivity contribution in [2.45, 2.75) is 31.7 Å². The second-order valence-electron chi connectivity index (χ2n) is 6.52. The van der Waals surface area contributed by atoms with Gasteiger partial charge >= 0.3 is 0 Å². The van der Waals surface area contributed by atoms with E-state index < -0.39 is 0 Å². The number of hydrogen-bond donors (Lipinski definition) is 1. The van der Waals surface area contributed by atoms with Crippen molar-refractivity contribution >= 4 is 0 Å². The Morgan fingerprint density at radius 3 is 2.54 bits per heavy atom. The largest absolute Gasteiger partial charge is 0.313 e. The van der Waals surface area contributed by atoms with Gasteiger partial charge in [0.1, 0.15) is 5.82 Å². The summed E-state index contributed by atoms with van der Waals surface area (Å²) >= 11 is 0. The van der Waals surface area contributed by atoms with Crippen LogP contribution in [0.15, 0.2) is 48.7 Å². The van der Waals surface area contributed by atoms with Gasteiger partial charge in [-0.1, -0.05) is 18.2 Å². The molecule has 1 aromatic carbocycles. The van der Waals surface area contributed by atoms with Gasteiger partial charge in [0.05, 0.1) is 0 Å². The average molecular weight is 327 g/mol. The molecule has 1 fully saturated rings. The minimum absolute atomic E-state index is 0.156. The Kier molecular flexibility index (Phi) is 6.33. The zero-order chi connectivity index (χ0) is 16.6. The zero-order valence-corrected chi connectivity index (χ0v) is 14.1. The summed E-state index contributed by atoms with van der Waals surface area (Å²) in [6.07, 6.45) is 6.25. The maximum absolute atomic E-state index is 12.9. The van der Waals surface area contributed by atoms with Crippen molar-refractivity contribution in [1.82, 2.24) is 15.2 Å². The molecule has 0 radical (unpaired) electrons. The van der Waals surface area contributed by atoms with Crippen LogP contribution >= 0.6 is 0 Å². The van der Waals surface area contributed by atoms with Crippen molar-refractivity contribution in [3.63, 3.8) is 0 Å². The summed E-state index contributed by atoms with van der Waals surface area (Å²) in [5.74, 6) is -0.156. The van der Waals surface area contributed by atoms with E-state index >= 15 is 0 Å². The van der Waals surface area contributed by atoms with Gasteiger partial charge < -0.3 is 10.2 Å². The van der Waals surface area contributed by atoms with Crippen LogP contribution in [-0.4, -0.2) is 42.1 Å². The molecule has 3 rings (SSSR count). The summed E-state index contributed by atoms with van der Waals surface area (Å²) in [6.45, 7) is 4.34. The van der Waals surface area contributed by atoms with Crippen molar-refractivity contribution in [3.8, 4) is 0 Å². The number of nitrogens with zero attached hydrogens (tertiary/aromatic N) is 2. The Hall–Kier alpha value is -1.78. The van der Waals surface area contributed by atoms with Gasteiger partial charge in [-0.2, -0.15) is 0 Å². The monoisotopic (exact) mass is 327 g/mol. The van der Waals surface area contributed by atoms with Crippen molar-refractivity contribution in [3.05, 3.63) is 65.7 Å². The number of likely N-dealkylation sites (tertiary alicyclic amines) is 1. The molecule has 0 amide bonds. The lowest BCUT2D eigenvalue weighted by Gasteiger charge is -2.32. The maximum Gasteiger partial charge on any atom is 0.123 e. The fourth-order valence-electron chi connectivity index (χ4n) is 3.25. The number of piperidine rings is 1. The van der Waals surface area contributed by atoms with Crippen LogP contribution in [-0.2, 0) is 12.8 Å². The van der Waals surface area contributed by atoms with Gasteiger partial charge in [0.2, 0.25) is 0 Å². The first kappa shape index (κ1) is 17.1. The molecule has 0 unspecified atom stereocenters. The van der Waals surface area contributed by atoms with Gasteiger partial charge in [0.25, 0.3) is 0 Å². The summed E-state index contributed by atoms with van der Waals surface area (Å²) in [6, 6.07) is 13.6. The van der Waals surface area contributed by atoms with Gasteiger partial charge in [-0.15, -0.1) is 0 Å². The lowest BCUT2D eigenvalue weighted by molar-refractivity contribution is 0.200. The molecule has 1 aromatic heterocycles. The van der Waals surface area contributed by atoms with E-state index in [1.807, 2.05) is 30.5 Å². The van der Waals surface area contributed by atoms with Gasteiger partial charge in [0, 0.05) is 37.4 Å². The van der Waals surface area contributed by atoms with Crippen LogP contribution in [0.2, 0.25) is 0 Å². The average Bonchev–Trinajstić information content (AvgIpc) is 2.63. The van der Waals surface area contributed by atoms with Crippen LogP contribution in [0.25, 0.3) is 0 Å². The maximum atomic E-state index is 12.9. The third-order valence-corrected chi connectivity index (χ3v) is 4.76. The summed E-state index contributed by atoms with van der Waals surface area (Å²) < 4.78 is 12.9. The minimum atomic E-state index is -0.156. The minimum Gasteiger partial charge on any atom is -0.313 e. The van der Waals surface area contributed by atoms with Crippen molar-refractivity contribution in [2.75, 3.05) is 26.2 Å². The molecular weight excluding hydrogens is 301 g/mol. The number of rotatable bonds is 7. The highest BCUT2D eigenvalue weighted by molar-refractivity contribution is 5.16. The molecule has 2 heterocycles. The lowest BCUT2D eigenvalue weighted by atomic mass is 10.0. The predicted octanol–water partition coefficient (Wildman–Crippen LogP) is 3.06. The van der Waals surface area contributed by atoms with Crippen LogP contribution in [0.1, 0.15) is 24.1 Å². The van der Waals surface area contributed by atoms with Crippen LogP contribution in [0.5, 0.6) is 0 Å². The van der Waals surface area contributed by atoms with E-state index in [1.54, 1.807) is 12.1 Å². The molecule has 0 bridgehead atoms. The lowest BCUT2D eigenvalue weighted by Crippen LogP contribution is -2.43. The van der Waals surface area contributed by atoms with Crippen molar-refractivity contribution in [2.24, 2.45) is 0 Å². The highest BCUT2D eigenvalue weighted by atomic mass is 19.1.